The summed E-state index contributed by atoms with van der Waals surface area (Å²) >= 11 is 1.68. The van der Waals surface area contributed by atoms with E-state index in [4.69, 9.17) is 9.47 Å². The fraction of sp³-hybridized carbons (Fsp3) is 0.591. The fourth-order valence-electron chi connectivity index (χ4n) is 3.74. The minimum atomic E-state index is -0.503. The lowest BCUT2D eigenvalue weighted by Crippen LogP contribution is -2.38. The zero-order valence-corrected chi connectivity index (χ0v) is 18.6. The molecular formula is C22H33N3O3S. The molecule has 0 spiro atoms. The summed E-state index contributed by atoms with van der Waals surface area (Å²) in [6.07, 6.45) is 3.23. The second-order valence-corrected chi connectivity index (χ2v) is 8.90. The second-order valence-electron chi connectivity index (χ2n) is 7.84. The number of likely N-dealkylation sites (tertiary alicyclic amines) is 1. The molecule has 1 atom stereocenters. The van der Waals surface area contributed by atoms with Crippen LogP contribution in [0.1, 0.15) is 35.5 Å². The van der Waals surface area contributed by atoms with Gasteiger partial charge in [-0.1, -0.05) is 12.5 Å². The topological polar surface area (TPSA) is 58.1 Å². The van der Waals surface area contributed by atoms with Gasteiger partial charge in [0.25, 0.3) is 0 Å². The molecule has 3 rings (SSSR count). The largest absolute Gasteiger partial charge is 0.493 e. The molecule has 0 radical (unpaired) electrons. The van der Waals surface area contributed by atoms with Gasteiger partial charge in [-0.25, -0.2) is 4.98 Å². The van der Waals surface area contributed by atoms with Crippen molar-refractivity contribution in [1.29, 1.82) is 0 Å². The van der Waals surface area contributed by atoms with Gasteiger partial charge in [-0.05, 0) is 57.6 Å². The number of hydrogen-bond acceptors (Lipinski definition) is 7. The highest BCUT2D eigenvalue weighted by Gasteiger charge is 2.16. The van der Waals surface area contributed by atoms with Crippen LogP contribution in [-0.2, 0) is 13.1 Å². The third-order valence-electron chi connectivity index (χ3n) is 5.13. The van der Waals surface area contributed by atoms with Crippen LogP contribution in [0.15, 0.2) is 23.6 Å². The van der Waals surface area contributed by atoms with Gasteiger partial charge in [0.05, 0.1) is 17.8 Å². The first-order valence-corrected chi connectivity index (χ1v) is 11.2. The first kappa shape index (κ1) is 22.0. The summed E-state index contributed by atoms with van der Waals surface area (Å²) in [7, 11) is 3.73. The van der Waals surface area contributed by atoms with Crippen molar-refractivity contribution in [1.82, 2.24) is 14.8 Å². The van der Waals surface area contributed by atoms with Gasteiger partial charge in [-0.3, -0.25) is 4.90 Å². The van der Waals surface area contributed by atoms with E-state index in [2.05, 4.69) is 33.3 Å². The molecule has 0 bridgehead atoms. The average Bonchev–Trinajstić information content (AvgIpc) is 3.11. The van der Waals surface area contributed by atoms with Crippen molar-refractivity contribution < 1.29 is 14.6 Å². The number of rotatable bonds is 10. The van der Waals surface area contributed by atoms with E-state index in [-0.39, 0.29) is 6.61 Å². The molecule has 6 nitrogen and oxygen atoms in total. The van der Waals surface area contributed by atoms with Gasteiger partial charge in [0.2, 0.25) is 0 Å². The van der Waals surface area contributed by atoms with Crippen molar-refractivity contribution in [2.75, 3.05) is 40.4 Å². The molecule has 29 heavy (non-hydrogen) atoms. The molecule has 2 heterocycles. The molecule has 1 N–H and O–H groups in total. The van der Waals surface area contributed by atoms with Crippen LogP contribution in [0.4, 0.5) is 0 Å². The summed E-state index contributed by atoms with van der Waals surface area (Å²) in [5.41, 5.74) is 2.24. The Morgan fingerprint density at radius 3 is 2.69 bits per heavy atom. The molecule has 1 aromatic heterocycles. The molecule has 2 aromatic rings. The summed E-state index contributed by atoms with van der Waals surface area (Å²) < 4.78 is 11.4. The maximum Gasteiger partial charge on any atom is 0.161 e. The third-order valence-corrected chi connectivity index (χ3v) is 5.95. The standard InChI is InChI=1S/C22H33N3O3S/c1-17-23-19(16-29-17)13-24(2)12-18-7-8-21(27-3)22(11-18)28-15-20(26)14-25-9-5-4-6-10-25/h7-8,11,16,20,26H,4-6,9-10,12-15H2,1-3H3. The van der Waals surface area contributed by atoms with Crippen molar-refractivity contribution in [2.45, 2.75) is 45.4 Å². The van der Waals surface area contributed by atoms with Crippen LogP contribution >= 0.6 is 11.3 Å². The molecule has 0 amide bonds. The fourth-order valence-corrected chi connectivity index (χ4v) is 4.34. The van der Waals surface area contributed by atoms with Gasteiger partial charge >= 0.3 is 0 Å². The molecule has 1 aliphatic rings. The quantitative estimate of drug-likeness (QED) is 0.638. The number of aromatic nitrogens is 1. The zero-order valence-electron chi connectivity index (χ0n) is 17.8. The maximum atomic E-state index is 10.4. The van der Waals surface area contributed by atoms with Gasteiger partial charge in [0, 0.05) is 25.0 Å². The number of ether oxygens (including phenoxy) is 2. The van der Waals surface area contributed by atoms with E-state index < -0.39 is 6.10 Å². The Morgan fingerprint density at radius 2 is 2.00 bits per heavy atom. The highest BCUT2D eigenvalue weighted by Crippen LogP contribution is 2.29. The Morgan fingerprint density at radius 1 is 1.21 bits per heavy atom. The van der Waals surface area contributed by atoms with Crippen LogP contribution in [0, 0.1) is 6.92 Å². The van der Waals surface area contributed by atoms with Gasteiger partial charge in [-0.15, -0.1) is 11.3 Å². The number of hydrogen-bond donors (Lipinski definition) is 1. The Hall–Kier alpha value is -1.67. The smallest absolute Gasteiger partial charge is 0.161 e. The molecule has 1 unspecified atom stereocenters. The van der Waals surface area contributed by atoms with Crippen LogP contribution in [0.5, 0.6) is 11.5 Å². The lowest BCUT2D eigenvalue weighted by atomic mass is 10.1. The summed E-state index contributed by atoms with van der Waals surface area (Å²) in [5.74, 6) is 1.37. The van der Waals surface area contributed by atoms with Crippen LogP contribution in [0.25, 0.3) is 0 Å². The van der Waals surface area contributed by atoms with Crippen molar-refractivity contribution in [3.8, 4) is 11.5 Å². The minimum absolute atomic E-state index is 0.268. The van der Waals surface area contributed by atoms with Crippen LogP contribution < -0.4 is 9.47 Å². The van der Waals surface area contributed by atoms with E-state index in [1.165, 1.54) is 19.3 Å². The SMILES string of the molecule is COc1ccc(CN(C)Cc2csc(C)n2)cc1OCC(O)CN1CCCCC1. The van der Waals surface area contributed by atoms with E-state index in [0.29, 0.717) is 18.0 Å². The Balaban J connectivity index is 1.54. The van der Waals surface area contributed by atoms with E-state index in [9.17, 15) is 5.11 Å². The van der Waals surface area contributed by atoms with E-state index in [0.717, 1.165) is 42.4 Å². The highest BCUT2D eigenvalue weighted by molar-refractivity contribution is 7.09. The molecule has 0 aliphatic carbocycles. The average molecular weight is 420 g/mol. The van der Waals surface area contributed by atoms with Crippen molar-refractivity contribution in [3.63, 3.8) is 0 Å². The number of nitrogens with zero attached hydrogens (tertiary/aromatic N) is 3. The summed E-state index contributed by atoms with van der Waals surface area (Å²) in [6.45, 7) is 6.69. The number of methoxy groups -OCH3 is 1. The third kappa shape index (κ3) is 6.96. The monoisotopic (exact) mass is 419 g/mol. The number of thiazole rings is 1. The van der Waals surface area contributed by atoms with Gasteiger partial charge in [0.15, 0.2) is 11.5 Å². The van der Waals surface area contributed by atoms with Crippen molar-refractivity contribution in [2.24, 2.45) is 0 Å². The lowest BCUT2D eigenvalue weighted by Gasteiger charge is -2.28. The Kier molecular flexibility index (Phi) is 8.29. The number of piperidine rings is 1. The van der Waals surface area contributed by atoms with Crippen molar-refractivity contribution >= 4 is 11.3 Å². The molecule has 1 aliphatic heterocycles. The first-order chi connectivity index (χ1) is 14.0. The maximum absolute atomic E-state index is 10.4. The summed E-state index contributed by atoms with van der Waals surface area (Å²) in [4.78, 5) is 9.08. The van der Waals surface area contributed by atoms with Gasteiger partial charge < -0.3 is 19.5 Å². The molecule has 1 aromatic carbocycles. The van der Waals surface area contributed by atoms with E-state index in [1.807, 2.05) is 19.1 Å². The number of aliphatic hydroxyl groups is 1. The first-order valence-electron chi connectivity index (χ1n) is 10.3. The van der Waals surface area contributed by atoms with Gasteiger partial charge in [-0.2, -0.15) is 0 Å². The second kappa shape index (κ2) is 10.9. The number of benzene rings is 1. The predicted molar refractivity (Wildman–Crippen MR) is 117 cm³/mol. The normalized spacial score (nSPS) is 16.2. The molecular weight excluding hydrogens is 386 g/mol. The minimum Gasteiger partial charge on any atom is -0.493 e. The Bertz CT molecular complexity index is 762. The lowest BCUT2D eigenvalue weighted by molar-refractivity contribution is 0.0608. The molecule has 1 saturated heterocycles. The summed E-state index contributed by atoms with van der Waals surface area (Å²) in [6, 6.07) is 6.00. The van der Waals surface area contributed by atoms with Crippen LogP contribution in [0.2, 0.25) is 0 Å². The number of aryl methyl sites for hydroxylation is 1. The van der Waals surface area contributed by atoms with Crippen LogP contribution in [0.3, 0.4) is 0 Å². The molecule has 7 heteroatoms. The summed E-state index contributed by atoms with van der Waals surface area (Å²) in [5, 5.41) is 13.6. The predicted octanol–water partition coefficient (Wildman–Crippen LogP) is 3.32. The molecule has 0 saturated carbocycles. The van der Waals surface area contributed by atoms with Gasteiger partial charge in [0.1, 0.15) is 12.7 Å². The zero-order chi connectivity index (χ0) is 20.6. The number of aliphatic hydroxyl groups excluding tert-OH is 1. The molecule has 1 fully saturated rings. The molecule has 160 valence electrons. The van der Waals surface area contributed by atoms with E-state index >= 15 is 0 Å². The highest BCUT2D eigenvalue weighted by atomic mass is 32.1. The Labute approximate surface area is 178 Å². The van der Waals surface area contributed by atoms with Crippen molar-refractivity contribution in [3.05, 3.63) is 39.8 Å². The van der Waals surface area contributed by atoms with E-state index in [1.54, 1.807) is 18.4 Å². The number of β-amino-alcohol motifs (C(OH)–C–C–N with tert-alkyl or cyclic N) is 1. The van der Waals surface area contributed by atoms with Crippen LogP contribution in [-0.4, -0.2) is 66.4 Å².